The second-order valence-electron chi connectivity index (χ2n) is 7.97. The third-order valence-corrected chi connectivity index (χ3v) is 5.76. The van der Waals surface area contributed by atoms with Crippen molar-refractivity contribution in [3.8, 4) is 33.9 Å². The lowest BCUT2D eigenvalue weighted by Gasteiger charge is -2.10. The van der Waals surface area contributed by atoms with Crippen LogP contribution in [-0.2, 0) is 0 Å². The van der Waals surface area contributed by atoms with Gasteiger partial charge in [-0.1, -0.05) is 84.4 Å². The Morgan fingerprint density at radius 2 is 1.25 bits per heavy atom. The van der Waals surface area contributed by atoms with Crippen LogP contribution < -0.4 is 0 Å². The van der Waals surface area contributed by atoms with Crippen molar-refractivity contribution in [2.24, 2.45) is 0 Å². The van der Waals surface area contributed by atoms with Gasteiger partial charge < -0.3 is 4.42 Å². The van der Waals surface area contributed by atoms with E-state index in [9.17, 15) is 0 Å². The summed E-state index contributed by atoms with van der Waals surface area (Å²) < 4.78 is 6.14. The second kappa shape index (κ2) is 7.47. The molecule has 0 amide bonds. The van der Waals surface area contributed by atoms with Crippen molar-refractivity contribution in [1.82, 2.24) is 9.97 Å². The summed E-state index contributed by atoms with van der Waals surface area (Å²) in [5, 5.41) is 2.14. The van der Waals surface area contributed by atoms with E-state index < -0.39 is 0 Å². The van der Waals surface area contributed by atoms with Crippen LogP contribution in [0.2, 0.25) is 0 Å². The van der Waals surface area contributed by atoms with Gasteiger partial charge in [0.1, 0.15) is 11.2 Å². The minimum Gasteiger partial charge on any atom is -0.456 e. The molecule has 0 radical (unpaired) electrons. The SMILES string of the molecule is Cc1ccc2oc3cccc(-c4nc(-c5ccccc5)cc(-c5ccccc5)n4)c3c2c1. The summed E-state index contributed by atoms with van der Waals surface area (Å²) in [6, 6.07) is 34.9. The fourth-order valence-corrected chi connectivity index (χ4v) is 4.21. The van der Waals surface area contributed by atoms with Gasteiger partial charge in [0.25, 0.3) is 0 Å². The Labute approximate surface area is 186 Å². The molecule has 0 fully saturated rings. The molecule has 32 heavy (non-hydrogen) atoms. The lowest BCUT2D eigenvalue weighted by Crippen LogP contribution is -1.96. The number of aryl methyl sites for hydroxylation is 1. The highest BCUT2D eigenvalue weighted by Gasteiger charge is 2.16. The molecule has 0 aliphatic heterocycles. The second-order valence-corrected chi connectivity index (χ2v) is 7.97. The van der Waals surface area contributed by atoms with Crippen molar-refractivity contribution in [3.05, 3.63) is 109 Å². The number of nitrogens with zero attached hydrogens (tertiary/aromatic N) is 2. The van der Waals surface area contributed by atoms with Gasteiger partial charge in [0.2, 0.25) is 0 Å². The Bertz CT molecular complexity index is 1510. The van der Waals surface area contributed by atoms with Crippen LogP contribution in [0, 0.1) is 6.92 Å². The highest BCUT2D eigenvalue weighted by molar-refractivity contribution is 6.12. The molecule has 0 spiro atoms. The Hall–Kier alpha value is -4.24. The maximum absolute atomic E-state index is 6.14. The van der Waals surface area contributed by atoms with Gasteiger partial charge in [-0.15, -0.1) is 0 Å². The smallest absolute Gasteiger partial charge is 0.161 e. The first-order valence-corrected chi connectivity index (χ1v) is 10.7. The molecule has 2 heterocycles. The molecule has 6 aromatic rings. The number of hydrogen-bond donors (Lipinski definition) is 0. The number of rotatable bonds is 3. The molecule has 0 saturated heterocycles. The number of fused-ring (bicyclic) bond motifs is 3. The zero-order valence-corrected chi connectivity index (χ0v) is 17.6. The summed E-state index contributed by atoms with van der Waals surface area (Å²) in [7, 11) is 0. The normalized spacial score (nSPS) is 11.3. The van der Waals surface area contributed by atoms with Crippen molar-refractivity contribution < 1.29 is 4.42 Å². The molecule has 3 nitrogen and oxygen atoms in total. The summed E-state index contributed by atoms with van der Waals surface area (Å²) in [4.78, 5) is 10.0. The summed E-state index contributed by atoms with van der Waals surface area (Å²) >= 11 is 0. The quantitative estimate of drug-likeness (QED) is 0.299. The average molecular weight is 412 g/mol. The van der Waals surface area contributed by atoms with Crippen molar-refractivity contribution >= 4 is 21.9 Å². The monoisotopic (exact) mass is 412 g/mol. The molecule has 0 aliphatic carbocycles. The minimum absolute atomic E-state index is 0.694. The first kappa shape index (κ1) is 18.5. The first-order valence-electron chi connectivity index (χ1n) is 10.7. The zero-order valence-electron chi connectivity index (χ0n) is 17.6. The highest BCUT2D eigenvalue weighted by Crippen LogP contribution is 2.37. The largest absolute Gasteiger partial charge is 0.456 e. The summed E-state index contributed by atoms with van der Waals surface area (Å²) in [5.41, 5.74) is 7.81. The van der Waals surface area contributed by atoms with E-state index in [-0.39, 0.29) is 0 Å². The molecular weight excluding hydrogens is 392 g/mol. The molecule has 0 N–H and O–H groups in total. The van der Waals surface area contributed by atoms with Crippen LogP contribution in [0.4, 0.5) is 0 Å². The number of furan rings is 1. The number of hydrogen-bond acceptors (Lipinski definition) is 3. The molecule has 6 rings (SSSR count). The lowest BCUT2D eigenvalue weighted by atomic mass is 10.0. The van der Waals surface area contributed by atoms with E-state index in [1.54, 1.807) is 0 Å². The van der Waals surface area contributed by atoms with E-state index in [2.05, 4.69) is 55.5 Å². The van der Waals surface area contributed by atoms with Crippen molar-refractivity contribution in [3.63, 3.8) is 0 Å². The number of benzene rings is 4. The summed E-state index contributed by atoms with van der Waals surface area (Å²) in [5.74, 6) is 0.694. The maximum Gasteiger partial charge on any atom is 0.161 e. The first-order chi connectivity index (χ1) is 15.8. The Balaban J connectivity index is 1.66. The standard InChI is InChI=1S/C29H20N2O/c1-19-15-16-26-23(17-19)28-22(13-8-14-27(28)32-26)29-30-24(20-9-4-2-5-10-20)18-25(31-29)21-11-6-3-7-12-21/h2-18H,1H3. The van der Waals surface area contributed by atoms with Gasteiger partial charge in [0.15, 0.2) is 5.82 Å². The third-order valence-electron chi connectivity index (χ3n) is 5.76. The van der Waals surface area contributed by atoms with E-state index in [0.29, 0.717) is 5.82 Å². The fourth-order valence-electron chi connectivity index (χ4n) is 4.21. The summed E-state index contributed by atoms with van der Waals surface area (Å²) in [6.45, 7) is 2.10. The van der Waals surface area contributed by atoms with E-state index in [4.69, 9.17) is 14.4 Å². The van der Waals surface area contributed by atoms with E-state index in [0.717, 1.165) is 50.0 Å². The van der Waals surface area contributed by atoms with Crippen LogP contribution in [0.15, 0.2) is 108 Å². The average Bonchev–Trinajstić information content (AvgIpc) is 3.23. The van der Waals surface area contributed by atoms with Gasteiger partial charge in [-0.25, -0.2) is 9.97 Å². The Morgan fingerprint density at radius 1 is 0.594 bits per heavy atom. The van der Waals surface area contributed by atoms with E-state index in [1.807, 2.05) is 54.6 Å². The van der Waals surface area contributed by atoms with Crippen molar-refractivity contribution in [2.75, 3.05) is 0 Å². The molecule has 2 aromatic heterocycles. The molecular formula is C29H20N2O. The van der Waals surface area contributed by atoms with Crippen molar-refractivity contribution in [2.45, 2.75) is 6.92 Å². The topological polar surface area (TPSA) is 38.9 Å². The van der Waals surface area contributed by atoms with Gasteiger partial charge in [-0.05, 0) is 31.2 Å². The molecule has 0 atom stereocenters. The Morgan fingerprint density at radius 3 is 1.91 bits per heavy atom. The van der Waals surface area contributed by atoms with Crippen LogP contribution in [0.3, 0.4) is 0 Å². The van der Waals surface area contributed by atoms with E-state index >= 15 is 0 Å². The predicted molar refractivity (Wildman–Crippen MR) is 130 cm³/mol. The number of aromatic nitrogens is 2. The van der Waals surface area contributed by atoms with Crippen LogP contribution >= 0.6 is 0 Å². The molecule has 152 valence electrons. The van der Waals surface area contributed by atoms with Crippen LogP contribution in [0.5, 0.6) is 0 Å². The minimum atomic E-state index is 0.694. The van der Waals surface area contributed by atoms with Gasteiger partial charge >= 0.3 is 0 Å². The Kier molecular flexibility index (Phi) is 4.32. The maximum atomic E-state index is 6.14. The molecule has 4 aromatic carbocycles. The van der Waals surface area contributed by atoms with Crippen LogP contribution in [0.1, 0.15) is 5.56 Å². The predicted octanol–water partition coefficient (Wildman–Crippen LogP) is 7.69. The van der Waals surface area contributed by atoms with E-state index in [1.165, 1.54) is 5.56 Å². The summed E-state index contributed by atoms with van der Waals surface area (Å²) in [6.07, 6.45) is 0. The molecule has 0 unspecified atom stereocenters. The molecule has 0 aliphatic rings. The van der Waals surface area contributed by atoms with Crippen LogP contribution in [-0.4, -0.2) is 9.97 Å². The molecule has 3 heteroatoms. The van der Waals surface area contributed by atoms with Gasteiger partial charge in [0, 0.05) is 27.5 Å². The lowest BCUT2D eigenvalue weighted by molar-refractivity contribution is 0.669. The van der Waals surface area contributed by atoms with Gasteiger partial charge in [-0.2, -0.15) is 0 Å². The third kappa shape index (κ3) is 3.15. The van der Waals surface area contributed by atoms with Gasteiger partial charge in [0.05, 0.1) is 11.4 Å². The molecule has 0 bridgehead atoms. The van der Waals surface area contributed by atoms with Crippen molar-refractivity contribution in [1.29, 1.82) is 0 Å². The van der Waals surface area contributed by atoms with Crippen LogP contribution in [0.25, 0.3) is 55.8 Å². The van der Waals surface area contributed by atoms with Gasteiger partial charge in [-0.3, -0.25) is 0 Å². The fraction of sp³-hybridized carbons (Fsp3) is 0.0345. The molecule has 0 saturated carbocycles. The zero-order chi connectivity index (χ0) is 21.5. The highest BCUT2D eigenvalue weighted by atomic mass is 16.3.